The van der Waals surface area contributed by atoms with E-state index in [0.717, 1.165) is 18.2 Å². The number of aryl methyl sites for hydroxylation is 1. The Morgan fingerprint density at radius 2 is 2.00 bits per heavy atom. The molecule has 2 atom stereocenters. The highest BCUT2D eigenvalue weighted by Gasteiger charge is 2.36. The van der Waals surface area contributed by atoms with Crippen molar-refractivity contribution >= 4 is 0 Å². The Balaban J connectivity index is 2.15. The monoisotopic (exact) mass is 288 g/mol. The minimum absolute atomic E-state index is 0.197. The number of nitrogens with zero attached hydrogens (tertiary/aromatic N) is 1. The SMILES string of the molecule is Cc1ccc(C2CC(C)(C)CCC2CNC(C)(C)C)cn1. The molecule has 1 fully saturated rings. The molecular formula is C19H32N2. The Kier molecular flexibility index (Phi) is 4.77. The van der Waals surface area contributed by atoms with E-state index in [-0.39, 0.29) is 5.54 Å². The van der Waals surface area contributed by atoms with Gasteiger partial charge in [0.2, 0.25) is 0 Å². The van der Waals surface area contributed by atoms with E-state index in [0.29, 0.717) is 11.3 Å². The van der Waals surface area contributed by atoms with Crippen LogP contribution in [0.1, 0.15) is 71.1 Å². The van der Waals surface area contributed by atoms with Crippen molar-refractivity contribution in [1.29, 1.82) is 0 Å². The van der Waals surface area contributed by atoms with Crippen molar-refractivity contribution in [3.63, 3.8) is 0 Å². The number of nitrogens with one attached hydrogen (secondary N) is 1. The van der Waals surface area contributed by atoms with Gasteiger partial charge in [0.1, 0.15) is 0 Å². The molecule has 0 bridgehead atoms. The average molecular weight is 288 g/mol. The summed E-state index contributed by atoms with van der Waals surface area (Å²) in [4.78, 5) is 4.52. The molecule has 1 aromatic rings. The van der Waals surface area contributed by atoms with Gasteiger partial charge in [0.15, 0.2) is 0 Å². The first kappa shape index (κ1) is 16.5. The molecule has 2 nitrogen and oxygen atoms in total. The van der Waals surface area contributed by atoms with Crippen molar-refractivity contribution < 1.29 is 0 Å². The van der Waals surface area contributed by atoms with Crippen LogP contribution < -0.4 is 5.32 Å². The molecule has 1 N–H and O–H groups in total. The second kappa shape index (κ2) is 6.08. The van der Waals surface area contributed by atoms with Gasteiger partial charge in [-0.25, -0.2) is 0 Å². The van der Waals surface area contributed by atoms with Crippen LogP contribution in [0, 0.1) is 18.3 Å². The maximum Gasteiger partial charge on any atom is 0.0372 e. The number of rotatable bonds is 3. The number of hydrogen-bond acceptors (Lipinski definition) is 2. The summed E-state index contributed by atoms with van der Waals surface area (Å²) in [6, 6.07) is 4.45. The van der Waals surface area contributed by atoms with Crippen LogP contribution in [-0.2, 0) is 0 Å². The molecule has 1 aliphatic carbocycles. The molecule has 1 heterocycles. The molecule has 0 amide bonds. The van der Waals surface area contributed by atoms with Crippen LogP contribution in [0.15, 0.2) is 18.3 Å². The zero-order valence-electron chi connectivity index (χ0n) is 14.7. The smallest absolute Gasteiger partial charge is 0.0372 e. The third-order valence-corrected chi connectivity index (χ3v) is 4.79. The van der Waals surface area contributed by atoms with E-state index in [1.165, 1.54) is 24.8 Å². The predicted octanol–water partition coefficient (Wildman–Crippen LogP) is 4.69. The van der Waals surface area contributed by atoms with Gasteiger partial charge in [-0.05, 0) is 82.4 Å². The fourth-order valence-corrected chi connectivity index (χ4v) is 3.41. The van der Waals surface area contributed by atoms with Crippen molar-refractivity contribution in [2.45, 2.75) is 72.3 Å². The van der Waals surface area contributed by atoms with E-state index >= 15 is 0 Å². The summed E-state index contributed by atoms with van der Waals surface area (Å²) in [5, 5.41) is 3.71. The fourth-order valence-electron chi connectivity index (χ4n) is 3.41. The van der Waals surface area contributed by atoms with Gasteiger partial charge in [0.25, 0.3) is 0 Å². The van der Waals surface area contributed by atoms with Gasteiger partial charge in [-0.1, -0.05) is 19.9 Å². The first-order valence-corrected chi connectivity index (χ1v) is 8.34. The Bertz CT molecular complexity index is 453. The summed E-state index contributed by atoms with van der Waals surface area (Å²) in [5.41, 5.74) is 3.18. The minimum Gasteiger partial charge on any atom is -0.312 e. The molecule has 2 unspecified atom stereocenters. The lowest BCUT2D eigenvalue weighted by atomic mass is 9.65. The van der Waals surface area contributed by atoms with Crippen LogP contribution in [0.25, 0.3) is 0 Å². The van der Waals surface area contributed by atoms with Gasteiger partial charge in [-0.2, -0.15) is 0 Å². The van der Waals surface area contributed by atoms with E-state index < -0.39 is 0 Å². The summed E-state index contributed by atoms with van der Waals surface area (Å²) in [7, 11) is 0. The molecule has 1 aromatic heterocycles. The average Bonchev–Trinajstić information content (AvgIpc) is 2.36. The molecule has 0 spiro atoms. The van der Waals surface area contributed by atoms with Crippen LogP contribution >= 0.6 is 0 Å². The fraction of sp³-hybridized carbons (Fsp3) is 0.737. The van der Waals surface area contributed by atoms with Crippen LogP contribution in [-0.4, -0.2) is 17.1 Å². The van der Waals surface area contributed by atoms with Crippen LogP contribution in [0.5, 0.6) is 0 Å². The van der Waals surface area contributed by atoms with E-state index in [2.05, 4.69) is 70.2 Å². The molecular weight excluding hydrogens is 256 g/mol. The Morgan fingerprint density at radius 1 is 1.29 bits per heavy atom. The molecule has 1 aliphatic rings. The lowest BCUT2D eigenvalue weighted by Gasteiger charge is -2.42. The Labute approximate surface area is 130 Å². The van der Waals surface area contributed by atoms with E-state index in [9.17, 15) is 0 Å². The molecule has 0 aliphatic heterocycles. The molecule has 1 saturated carbocycles. The van der Waals surface area contributed by atoms with Gasteiger partial charge in [-0.3, -0.25) is 4.98 Å². The lowest BCUT2D eigenvalue weighted by Crippen LogP contribution is -2.42. The molecule has 2 rings (SSSR count). The molecule has 0 saturated heterocycles. The van der Waals surface area contributed by atoms with Crippen molar-refractivity contribution in [2.24, 2.45) is 11.3 Å². The second-order valence-electron chi connectivity index (χ2n) is 8.64. The number of aromatic nitrogens is 1. The van der Waals surface area contributed by atoms with Crippen LogP contribution in [0.4, 0.5) is 0 Å². The first-order valence-electron chi connectivity index (χ1n) is 8.34. The summed E-state index contributed by atoms with van der Waals surface area (Å²) < 4.78 is 0. The largest absolute Gasteiger partial charge is 0.312 e. The maximum atomic E-state index is 4.52. The minimum atomic E-state index is 0.197. The third kappa shape index (κ3) is 4.81. The van der Waals surface area contributed by atoms with Crippen molar-refractivity contribution in [3.8, 4) is 0 Å². The van der Waals surface area contributed by atoms with Gasteiger partial charge in [-0.15, -0.1) is 0 Å². The maximum absolute atomic E-state index is 4.52. The number of hydrogen-bond donors (Lipinski definition) is 1. The van der Waals surface area contributed by atoms with Gasteiger partial charge >= 0.3 is 0 Å². The van der Waals surface area contributed by atoms with Crippen LogP contribution in [0.2, 0.25) is 0 Å². The van der Waals surface area contributed by atoms with E-state index in [1.807, 2.05) is 0 Å². The first-order chi connectivity index (χ1) is 9.66. The predicted molar refractivity (Wildman–Crippen MR) is 90.6 cm³/mol. The highest BCUT2D eigenvalue weighted by atomic mass is 14.9. The molecule has 21 heavy (non-hydrogen) atoms. The van der Waals surface area contributed by atoms with Crippen molar-refractivity contribution in [1.82, 2.24) is 10.3 Å². The van der Waals surface area contributed by atoms with Crippen LogP contribution in [0.3, 0.4) is 0 Å². The molecule has 2 heteroatoms. The molecule has 118 valence electrons. The Hall–Kier alpha value is -0.890. The molecule has 0 radical (unpaired) electrons. The van der Waals surface area contributed by atoms with Crippen molar-refractivity contribution in [3.05, 3.63) is 29.6 Å². The Morgan fingerprint density at radius 3 is 2.57 bits per heavy atom. The summed E-state index contributed by atoms with van der Waals surface area (Å²) in [6.45, 7) is 14.8. The normalized spacial score (nSPS) is 25.8. The van der Waals surface area contributed by atoms with Gasteiger partial charge in [0.05, 0.1) is 0 Å². The lowest BCUT2D eigenvalue weighted by molar-refractivity contribution is 0.153. The quantitative estimate of drug-likeness (QED) is 0.873. The third-order valence-electron chi connectivity index (χ3n) is 4.79. The highest BCUT2D eigenvalue weighted by molar-refractivity contribution is 5.20. The summed E-state index contributed by atoms with van der Waals surface area (Å²) in [5.74, 6) is 1.36. The van der Waals surface area contributed by atoms with Gasteiger partial charge < -0.3 is 5.32 Å². The summed E-state index contributed by atoms with van der Waals surface area (Å²) >= 11 is 0. The highest BCUT2D eigenvalue weighted by Crippen LogP contribution is 2.46. The van der Waals surface area contributed by atoms with E-state index in [4.69, 9.17) is 0 Å². The molecule has 0 aromatic carbocycles. The zero-order chi connectivity index (χ0) is 15.7. The van der Waals surface area contributed by atoms with Gasteiger partial charge in [0, 0.05) is 17.4 Å². The topological polar surface area (TPSA) is 24.9 Å². The summed E-state index contributed by atoms with van der Waals surface area (Å²) in [6.07, 6.45) is 6.02. The second-order valence-corrected chi connectivity index (χ2v) is 8.64. The van der Waals surface area contributed by atoms with E-state index in [1.54, 1.807) is 0 Å². The number of pyridine rings is 1. The van der Waals surface area contributed by atoms with Crippen molar-refractivity contribution in [2.75, 3.05) is 6.54 Å². The standard InChI is InChI=1S/C19H32N2/c1-14-7-8-15(12-20-14)17-11-19(5,6)10-9-16(17)13-21-18(2,3)4/h7-8,12,16-17,21H,9-11,13H2,1-6H3. The zero-order valence-corrected chi connectivity index (χ0v) is 14.7.